The van der Waals surface area contributed by atoms with Crippen molar-refractivity contribution >= 4 is 5.91 Å². The van der Waals surface area contributed by atoms with Crippen LogP contribution in [-0.2, 0) is 11.0 Å². The summed E-state index contributed by atoms with van der Waals surface area (Å²) < 4.78 is 61.2. The van der Waals surface area contributed by atoms with Crippen LogP contribution in [0.1, 0.15) is 18.4 Å². The third-order valence-electron chi connectivity index (χ3n) is 3.80. The molecule has 0 aliphatic heterocycles. The lowest BCUT2D eigenvalue weighted by Gasteiger charge is -2.14. The second-order valence-corrected chi connectivity index (χ2v) is 6.17. The first kappa shape index (κ1) is 22.5. The zero-order valence-electron chi connectivity index (χ0n) is 15.4. The first-order valence-electron chi connectivity index (χ1n) is 8.88. The van der Waals surface area contributed by atoms with Crippen LogP contribution in [0.5, 0.6) is 11.5 Å². The summed E-state index contributed by atoms with van der Waals surface area (Å²) in [6.07, 6.45) is -4.97. The monoisotopic (exact) mass is 415 g/mol. The molecule has 5 nitrogen and oxygen atoms in total. The molecule has 9 heteroatoms. The SMILES string of the molecule is O=C(CCCOc1ccccc1F)NCC(O)COc1ccc(C(F)(F)F)cc1. The molecule has 29 heavy (non-hydrogen) atoms. The fourth-order valence-electron chi connectivity index (χ4n) is 2.29. The number of rotatable bonds is 10. The van der Waals surface area contributed by atoms with Crippen molar-refractivity contribution in [2.45, 2.75) is 25.1 Å². The predicted octanol–water partition coefficient (Wildman–Crippen LogP) is 3.56. The number of hydrogen-bond donors (Lipinski definition) is 2. The zero-order valence-corrected chi connectivity index (χ0v) is 15.4. The van der Waals surface area contributed by atoms with Crippen LogP contribution in [0, 0.1) is 5.82 Å². The van der Waals surface area contributed by atoms with Crippen molar-refractivity contribution in [3.05, 3.63) is 59.9 Å². The molecular weight excluding hydrogens is 394 g/mol. The Balaban J connectivity index is 1.60. The predicted molar refractivity (Wildman–Crippen MR) is 97.1 cm³/mol. The van der Waals surface area contributed by atoms with Crippen LogP contribution >= 0.6 is 0 Å². The summed E-state index contributed by atoms with van der Waals surface area (Å²) in [5.41, 5.74) is -0.795. The van der Waals surface area contributed by atoms with E-state index in [4.69, 9.17) is 9.47 Å². The molecule has 0 radical (unpaired) electrons. The summed E-state index contributed by atoms with van der Waals surface area (Å²) in [7, 11) is 0. The van der Waals surface area contributed by atoms with E-state index in [0.29, 0.717) is 6.42 Å². The molecule has 2 rings (SSSR count). The van der Waals surface area contributed by atoms with Crippen LogP contribution in [0.4, 0.5) is 17.6 Å². The first-order valence-corrected chi connectivity index (χ1v) is 8.88. The molecular formula is C20H21F4NO4. The number of ether oxygens (including phenoxy) is 2. The maximum Gasteiger partial charge on any atom is 0.416 e. The van der Waals surface area contributed by atoms with Gasteiger partial charge in [0.2, 0.25) is 5.91 Å². The highest BCUT2D eigenvalue weighted by atomic mass is 19.4. The summed E-state index contributed by atoms with van der Waals surface area (Å²) in [5.74, 6) is -0.513. The number of nitrogens with one attached hydrogen (secondary N) is 1. The third kappa shape index (κ3) is 7.98. The van der Waals surface area contributed by atoms with Gasteiger partial charge in [-0.3, -0.25) is 4.79 Å². The summed E-state index contributed by atoms with van der Waals surface area (Å²) in [4.78, 5) is 11.7. The Morgan fingerprint density at radius 2 is 1.76 bits per heavy atom. The van der Waals surface area contributed by atoms with Crippen LogP contribution in [0.25, 0.3) is 0 Å². The van der Waals surface area contributed by atoms with E-state index in [1.54, 1.807) is 12.1 Å². The van der Waals surface area contributed by atoms with Gasteiger partial charge in [-0.15, -0.1) is 0 Å². The van der Waals surface area contributed by atoms with Crippen molar-refractivity contribution in [1.29, 1.82) is 0 Å². The summed E-state index contributed by atoms with van der Waals surface area (Å²) in [6, 6.07) is 10.0. The maximum absolute atomic E-state index is 13.4. The second-order valence-electron chi connectivity index (χ2n) is 6.17. The van der Waals surface area contributed by atoms with E-state index in [1.165, 1.54) is 12.1 Å². The molecule has 2 N–H and O–H groups in total. The molecule has 0 aliphatic carbocycles. The van der Waals surface area contributed by atoms with Crippen molar-refractivity contribution in [2.75, 3.05) is 19.8 Å². The molecule has 0 heterocycles. The molecule has 0 aromatic heterocycles. The minimum atomic E-state index is -4.43. The fourth-order valence-corrected chi connectivity index (χ4v) is 2.29. The number of hydrogen-bond acceptors (Lipinski definition) is 4. The van der Waals surface area contributed by atoms with Crippen molar-refractivity contribution in [3.8, 4) is 11.5 Å². The van der Waals surface area contributed by atoms with Crippen LogP contribution in [0.2, 0.25) is 0 Å². The Hall–Kier alpha value is -2.81. The van der Waals surface area contributed by atoms with Gasteiger partial charge >= 0.3 is 6.18 Å². The number of amides is 1. The molecule has 158 valence electrons. The van der Waals surface area contributed by atoms with Gasteiger partial charge in [0.1, 0.15) is 18.5 Å². The van der Waals surface area contributed by atoms with Gasteiger partial charge in [0.15, 0.2) is 11.6 Å². The molecule has 2 aromatic rings. The van der Waals surface area contributed by atoms with Gasteiger partial charge in [-0.1, -0.05) is 12.1 Å². The third-order valence-corrected chi connectivity index (χ3v) is 3.80. The highest BCUT2D eigenvalue weighted by Crippen LogP contribution is 2.30. The van der Waals surface area contributed by atoms with E-state index in [2.05, 4.69) is 5.32 Å². The molecule has 1 atom stereocenters. The number of benzene rings is 2. The molecule has 0 bridgehead atoms. The fraction of sp³-hybridized carbons (Fsp3) is 0.350. The van der Waals surface area contributed by atoms with E-state index >= 15 is 0 Å². The molecule has 1 amide bonds. The molecule has 0 aliphatic rings. The Bertz CT molecular complexity index is 781. The molecule has 1 unspecified atom stereocenters. The number of halogens is 4. The van der Waals surface area contributed by atoms with E-state index in [0.717, 1.165) is 24.3 Å². The topological polar surface area (TPSA) is 67.8 Å². The lowest BCUT2D eigenvalue weighted by atomic mass is 10.2. The van der Waals surface area contributed by atoms with Gasteiger partial charge < -0.3 is 19.9 Å². The van der Waals surface area contributed by atoms with Crippen molar-refractivity contribution in [3.63, 3.8) is 0 Å². The van der Waals surface area contributed by atoms with Gasteiger partial charge in [-0.05, 0) is 42.8 Å². The van der Waals surface area contributed by atoms with Gasteiger partial charge in [-0.25, -0.2) is 4.39 Å². The van der Waals surface area contributed by atoms with Gasteiger partial charge in [-0.2, -0.15) is 13.2 Å². The average Bonchev–Trinajstić information content (AvgIpc) is 2.69. The molecule has 0 saturated heterocycles. The van der Waals surface area contributed by atoms with Gasteiger partial charge in [0.05, 0.1) is 12.2 Å². The number of aliphatic hydroxyl groups excluding tert-OH is 1. The van der Waals surface area contributed by atoms with Crippen LogP contribution in [0.3, 0.4) is 0 Å². The molecule has 0 saturated carbocycles. The normalized spacial score (nSPS) is 12.3. The zero-order chi connectivity index (χ0) is 21.3. The van der Waals surface area contributed by atoms with Crippen LogP contribution in [0.15, 0.2) is 48.5 Å². The lowest BCUT2D eigenvalue weighted by Crippen LogP contribution is -2.35. The smallest absolute Gasteiger partial charge is 0.416 e. The van der Waals surface area contributed by atoms with E-state index in [-0.39, 0.29) is 43.6 Å². The van der Waals surface area contributed by atoms with E-state index < -0.39 is 23.7 Å². The first-order chi connectivity index (χ1) is 13.8. The van der Waals surface area contributed by atoms with E-state index in [9.17, 15) is 27.5 Å². The van der Waals surface area contributed by atoms with Crippen molar-refractivity contribution in [1.82, 2.24) is 5.32 Å². The second kappa shape index (κ2) is 10.7. The van der Waals surface area contributed by atoms with Gasteiger partial charge in [0.25, 0.3) is 0 Å². The largest absolute Gasteiger partial charge is 0.491 e. The summed E-state index contributed by atoms with van der Waals surface area (Å²) in [6.45, 7) is -0.108. The minimum Gasteiger partial charge on any atom is -0.491 e. The quantitative estimate of drug-likeness (QED) is 0.460. The highest BCUT2D eigenvalue weighted by molar-refractivity contribution is 5.75. The molecule has 2 aromatic carbocycles. The lowest BCUT2D eigenvalue weighted by molar-refractivity contribution is -0.137. The molecule has 0 fully saturated rings. The average molecular weight is 415 g/mol. The Morgan fingerprint density at radius 1 is 1.07 bits per heavy atom. The number of carbonyl (C=O) groups is 1. The van der Waals surface area contributed by atoms with Crippen molar-refractivity contribution in [2.24, 2.45) is 0 Å². The Morgan fingerprint density at radius 3 is 2.41 bits per heavy atom. The minimum absolute atomic E-state index is 0.0758. The van der Waals surface area contributed by atoms with E-state index in [1.807, 2.05) is 0 Å². The van der Waals surface area contributed by atoms with Crippen molar-refractivity contribution < 1.29 is 36.9 Å². The van der Waals surface area contributed by atoms with Gasteiger partial charge in [0, 0.05) is 13.0 Å². The summed E-state index contributed by atoms with van der Waals surface area (Å²) in [5, 5.41) is 12.3. The highest BCUT2D eigenvalue weighted by Gasteiger charge is 2.30. The Labute approximate surface area is 165 Å². The Kier molecular flexibility index (Phi) is 8.26. The van der Waals surface area contributed by atoms with Crippen LogP contribution in [-0.4, -0.2) is 36.9 Å². The van der Waals surface area contributed by atoms with Crippen LogP contribution < -0.4 is 14.8 Å². The number of para-hydroxylation sites is 1. The standard InChI is InChI=1S/C20H21F4NO4/c21-17-4-1-2-5-18(17)28-11-3-6-19(27)25-12-15(26)13-29-16-9-7-14(8-10-16)20(22,23)24/h1-2,4-5,7-10,15,26H,3,6,11-13H2,(H,25,27). The summed E-state index contributed by atoms with van der Waals surface area (Å²) >= 11 is 0. The number of alkyl halides is 3. The number of carbonyl (C=O) groups excluding carboxylic acids is 1. The number of aliphatic hydroxyl groups is 1. The molecule has 0 spiro atoms. The maximum atomic E-state index is 13.4.